The third kappa shape index (κ3) is 7.29. The Kier molecular flexibility index (Phi) is 9.42. The molecule has 0 aromatic heterocycles. The molecule has 1 N–H and O–H groups in total. The average molecular weight is 392 g/mol. The summed E-state index contributed by atoms with van der Waals surface area (Å²) in [6.45, 7) is 13.2. The highest BCUT2D eigenvalue weighted by Gasteiger charge is 1.98. The lowest BCUT2D eigenvalue weighted by Gasteiger charge is -2.08. The highest BCUT2D eigenvalue weighted by molar-refractivity contribution is 5.66. The summed E-state index contributed by atoms with van der Waals surface area (Å²) < 4.78 is 0. The molecule has 0 saturated carbocycles. The molecule has 3 rings (SSSR count). The normalized spacial score (nSPS) is 11.5. The minimum absolute atomic E-state index is 1.02. The summed E-state index contributed by atoms with van der Waals surface area (Å²) in [5.41, 5.74) is 4.54. The second-order valence-electron chi connectivity index (χ2n) is 6.53. The molecule has 1 nitrogen and oxygen atoms in total. The molecular weight excluding hydrogens is 362 g/mol. The van der Waals surface area contributed by atoms with Crippen molar-refractivity contribution in [1.82, 2.24) is 0 Å². The summed E-state index contributed by atoms with van der Waals surface area (Å²) in [7, 11) is 0. The maximum Gasteiger partial charge on any atom is 0.0384 e. The lowest BCUT2D eigenvalue weighted by atomic mass is 10.1. The number of hydrogen-bond donors (Lipinski definition) is 1. The molecule has 0 bridgehead atoms. The van der Waals surface area contributed by atoms with E-state index in [0.29, 0.717) is 0 Å². The molecule has 0 aliphatic carbocycles. The summed E-state index contributed by atoms with van der Waals surface area (Å²) in [6, 6.07) is 26.8. The van der Waals surface area contributed by atoms with Gasteiger partial charge in [-0.25, -0.2) is 0 Å². The number of allylic oxidation sites excluding steroid dienone is 5. The SMILES string of the molecule is C=C/C=C(\C=C/C)Nc1ccc(-c2ccccc2)cc1.C=C/C=c1/ccccc1=C. The molecule has 3 aromatic rings. The van der Waals surface area contributed by atoms with Gasteiger partial charge in [-0.15, -0.1) is 0 Å². The summed E-state index contributed by atoms with van der Waals surface area (Å²) in [4.78, 5) is 0. The monoisotopic (exact) mass is 391 g/mol. The molecule has 0 fully saturated rings. The van der Waals surface area contributed by atoms with Crippen LogP contribution >= 0.6 is 0 Å². The molecule has 0 aliphatic heterocycles. The Balaban J connectivity index is 0.000000269. The van der Waals surface area contributed by atoms with Crippen LogP contribution in [0.4, 0.5) is 5.69 Å². The quantitative estimate of drug-likeness (QED) is 0.475. The Morgan fingerprint density at radius 1 is 0.767 bits per heavy atom. The van der Waals surface area contributed by atoms with Crippen molar-refractivity contribution in [1.29, 1.82) is 0 Å². The minimum Gasteiger partial charge on any atom is -0.356 e. The van der Waals surface area contributed by atoms with Gasteiger partial charge in [0.25, 0.3) is 0 Å². The largest absolute Gasteiger partial charge is 0.356 e. The Hall–Kier alpha value is -3.84. The fraction of sp³-hybridized carbons (Fsp3) is 0.0345. The molecule has 1 heteroatoms. The van der Waals surface area contributed by atoms with Gasteiger partial charge in [0, 0.05) is 11.4 Å². The predicted octanol–water partition coefficient (Wildman–Crippen LogP) is 6.47. The van der Waals surface area contributed by atoms with Crippen molar-refractivity contribution in [3.63, 3.8) is 0 Å². The Bertz CT molecular complexity index is 1100. The van der Waals surface area contributed by atoms with E-state index in [1.54, 1.807) is 12.2 Å². The van der Waals surface area contributed by atoms with Gasteiger partial charge in [-0.3, -0.25) is 0 Å². The molecule has 150 valence electrons. The van der Waals surface area contributed by atoms with Gasteiger partial charge in [0.05, 0.1) is 0 Å². The van der Waals surface area contributed by atoms with E-state index in [9.17, 15) is 0 Å². The van der Waals surface area contributed by atoms with Crippen molar-refractivity contribution >= 4 is 18.3 Å². The smallest absolute Gasteiger partial charge is 0.0384 e. The molecule has 30 heavy (non-hydrogen) atoms. The van der Waals surface area contributed by atoms with Crippen LogP contribution in [0.1, 0.15) is 6.92 Å². The molecule has 0 saturated heterocycles. The summed E-state index contributed by atoms with van der Waals surface area (Å²) in [5, 5.41) is 5.54. The topological polar surface area (TPSA) is 12.0 Å². The van der Waals surface area contributed by atoms with Gasteiger partial charge < -0.3 is 5.32 Å². The second-order valence-corrected chi connectivity index (χ2v) is 6.53. The van der Waals surface area contributed by atoms with E-state index < -0.39 is 0 Å². The number of benzene rings is 3. The number of rotatable bonds is 6. The van der Waals surface area contributed by atoms with Gasteiger partial charge in [0.2, 0.25) is 0 Å². The lowest BCUT2D eigenvalue weighted by molar-refractivity contribution is 1.46. The average Bonchev–Trinajstić information content (AvgIpc) is 2.78. The molecule has 0 aliphatic rings. The first-order valence-electron chi connectivity index (χ1n) is 9.92. The maximum absolute atomic E-state index is 3.86. The Labute approximate surface area is 180 Å². The van der Waals surface area contributed by atoms with Crippen LogP contribution in [0, 0.1) is 0 Å². The summed E-state index contributed by atoms with van der Waals surface area (Å²) >= 11 is 0. The van der Waals surface area contributed by atoms with E-state index in [1.165, 1.54) is 11.1 Å². The molecular formula is C29H29N. The van der Waals surface area contributed by atoms with Crippen LogP contribution in [0.2, 0.25) is 0 Å². The van der Waals surface area contributed by atoms with Crippen LogP contribution in [0.5, 0.6) is 0 Å². The first kappa shape index (κ1) is 22.4. The van der Waals surface area contributed by atoms with Crippen LogP contribution in [-0.4, -0.2) is 0 Å². The van der Waals surface area contributed by atoms with Crippen molar-refractivity contribution in [2.24, 2.45) is 0 Å². The molecule has 0 unspecified atom stereocenters. The van der Waals surface area contributed by atoms with E-state index in [-0.39, 0.29) is 0 Å². The molecule has 3 aromatic carbocycles. The van der Waals surface area contributed by atoms with Gasteiger partial charge in [0.15, 0.2) is 0 Å². The van der Waals surface area contributed by atoms with E-state index in [4.69, 9.17) is 0 Å². The van der Waals surface area contributed by atoms with E-state index in [1.807, 2.05) is 61.6 Å². The highest BCUT2D eigenvalue weighted by atomic mass is 14.9. The first-order valence-corrected chi connectivity index (χ1v) is 9.92. The lowest BCUT2D eigenvalue weighted by Crippen LogP contribution is -2.21. The van der Waals surface area contributed by atoms with E-state index >= 15 is 0 Å². The fourth-order valence-electron chi connectivity index (χ4n) is 2.81. The predicted molar refractivity (Wildman–Crippen MR) is 134 cm³/mol. The van der Waals surface area contributed by atoms with Crippen molar-refractivity contribution in [2.45, 2.75) is 6.92 Å². The summed E-state index contributed by atoms with van der Waals surface area (Å²) in [6.07, 6.45) is 11.5. The van der Waals surface area contributed by atoms with Gasteiger partial charge in [0.1, 0.15) is 0 Å². The maximum atomic E-state index is 3.86. The minimum atomic E-state index is 1.02. The van der Waals surface area contributed by atoms with Crippen molar-refractivity contribution in [2.75, 3.05) is 5.32 Å². The fourth-order valence-corrected chi connectivity index (χ4v) is 2.81. The van der Waals surface area contributed by atoms with Crippen LogP contribution in [0.25, 0.3) is 23.8 Å². The van der Waals surface area contributed by atoms with Crippen LogP contribution in [0.3, 0.4) is 0 Å². The van der Waals surface area contributed by atoms with Gasteiger partial charge in [-0.2, -0.15) is 0 Å². The van der Waals surface area contributed by atoms with E-state index in [0.717, 1.165) is 21.8 Å². The van der Waals surface area contributed by atoms with Crippen LogP contribution < -0.4 is 15.8 Å². The molecule has 0 amide bonds. The van der Waals surface area contributed by atoms with E-state index in [2.05, 4.69) is 73.6 Å². The van der Waals surface area contributed by atoms with Crippen molar-refractivity contribution in [3.8, 4) is 11.1 Å². The summed E-state index contributed by atoms with van der Waals surface area (Å²) in [5.74, 6) is 0. The number of hydrogen-bond acceptors (Lipinski definition) is 1. The van der Waals surface area contributed by atoms with Crippen molar-refractivity contribution in [3.05, 3.63) is 139 Å². The molecule has 0 heterocycles. The number of nitrogens with one attached hydrogen (secondary N) is 1. The van der Waals surface area contributed by atoms with Crippen molar-refractivity contribution < 1.29 is 0 Å². The van der Waals surface area contributed by atoms with Gasteiger partial charge in [-0.1, -0.05) is 111 Å². The Morgan fingerprint density at radius 2 is 1.40 bits per heavy atom. The zero-order valence-electron chi connectivity index (χ0n) is 17.6. The Morgan fingerprint density at radius 3 is 2.00 bits per heavy atom. The van der Waals surface area contributed by atoms with Crippen LogP contribution in [0.15, 0.2) is 128 Å². The molecule has 0 atom stereocenters. The third-order valence-corrected chi connectivity index (χ3v) is 4.28. The second kappa shape index (κ2) is 12.6. The van der Waals surface area contributed by atoms with Crippen LogP contribution in [-0.2, 0) is 0 Å². The van der Waals surface area contributed by atoms with Gasteiger partial charge in [-0.05, 0) is 52.8 Å². The van der Waals surface area contributed by atoms with Gasteiger partial charge >= 0.3 is 0 Å². The highest BCUT2D eigenvalue weighted by Crippen LogP contribution is 2.21. The first-order chi connectivity index (χ1) is 14.7. The zero-order chi connectivity index (χ0) is 21.6. The molecule has 0 spiro atoms. The number of anilines is 1. The standard InChI is InChI=1S/C19H19N.C10H10/c1-3-8-18(9-4-2)20-19-14-12-17(13-15-19)16-10-6-5-7-11-16;1-3-6-10-8-5-4-7-9(10)2/h3-15,20H,1H2,2H3;3-8H,1-2H2/b9-4-,18-8+;10-6-. The third-order valence-electron chi connectivity index (χ3n) is 4.28. The zero-order valence-corrected chi connectivity index (χ0v) is 17.6. The molecule has 0 radical (unpaired) electrons.